The zero-order valence-corrected chi connectivity index (χ0v) is 20.9. The summed E-state index contributed by atoms with van der Waals surface area (Å²) in [5, 5.41) is 10.3. The molecule has 1 unspecified atom stereocenters. The minimum absolute atomic E-state index is 0.0278. The maximum absolute atomic E-state index is 13.4. The molecule has 2 aromatic rings. The fourth-order valence-electron chi connectivity index (χ4n) is 5.30. The summed E-state index contributed by atoms with van der Waals surface area (Å²) >= 11 is 0. The van der Waals surface area contributed by atoms with E-state index in [1.165, 1.54) is 0 Å². The molecule has 1 aromatic heterocycles. The normalized spacial score (nSPS) is 21.1. The molecule has 3 N–H and O–H groups in total. The number of carboxylic acids is 1. The average Bonchev–Trinajstić information content (AvgIpc) is 3.62. The smallest absolute Gasteiger partial charge is 0.308 e. The van der Waals surface area contributed by atoms with E-state index in [-0.39, 0.29) is 31.2 Å². The van der Waals surface area contributed by atoms with Gasteiger partial charge in [-0.3, -0.25) is 14.5 Å². The van der Waals surface area contributed by atoms with Crippen molar-refractivity contribution in [2.45, 2.75) is 51.1 Å². The minimum Gasteiger partial charge on any atom is -0.481 e. The maximum atomic E-state index is 13.4. The van der Waals surface area contributed by atoms with E-state index in [4.69, 9.17) is 15.2 Å². The van der Waals surface area contributed by atoms with E-state index >= 15 is 0 Å². The monoisotopic (exact) mass is 499 g/mol. The Hall–Kier alpha value is -3.11. The highest BCUT2D eigenvalue weighted by Crippen LogP contribution is 2.42. The van der Waals surface area contributed by atoms with Crippen molar-refractivity contribution in [2.75, 3.05) is 39.5 Å². The number of carbonyl (C=O) groups is 2. The Morgan fingerprint density at radius 2 is 2.03 bits per heavy atom. The van der Waals surface area contributed by atoms with Gasteiger partial charge in [-0.25, -0.2) is 4.98 Å². The fourth-order valence-corrected chi connectivity index (χ4v) is 5.30. The molecule has 0 radical (unpaired) electrons. The van der Waals surface area contributed by atoms with Crippen LogP contribution >= 0.6 is 0 Å². The van der Waals surface area contributed by atoms with Gasteiger partial charge in [0, 0.05) is 50.5 Å². The average molecular weight is 500 g/mol. The highest BCUT2D eigenvalue weighted by molar-refractivity contribution is 5.79. The SMILES string of the molecule is CCCCN(CCCN)C(=O)CN1C[C@H](c2ccc3c(c2)OCO3)C(C(=O)O)[C@@H]1CCn1ccnc1. The second-order valence-corrected chi connectivity index (χ2v) is 9.55. The Bertz CT molecular complexity index is 1010. The minimum atomic E-state index is -0.853. The van der Waals surface area contributed by atoms with Gasteiger partial charge in [0.25, 0.3) is 0 Å². The number of imidazole rings is 1. The van der Waals surface area contributed by atoms with E-state index in [0.717, 1.165) is 24.8 Å². The van der Waals surface area contributed by atoms with Crippen molar-refractivity contribution < 1.29 is 24.2 Å². The number of hydrogen-bond donors (Lipinski definition) is 2. The van der Waals surface area contributed by atoms with Gasteiger partial charge in [-0.15, -0.1) is 0 Å². The molecule has 1 amide bonds. The van der Waals surface area contributed by atoms with Gasteiger partial charge < -0.3 is 29.8 Å². The van der Waals surface area contributed by atoms with Crippen LogP contribution in [0.4, 0.5) is 0 Å². The molecule has 1 aromatic carbocycles. The van der Waals surface area contributed by atoms with Crippen LogP contribution in [-0.4, -0.2) is 81.9 Å². The third kappa shape index (κ3) is 5.99. The van der Waals surface area contributed by atoms with Crippen LogP contribution in [0.5, 0.6) is 11.5 Å². The number of nitrogens with two attached hydrogens (primary N) is 1. The van der Waals surface area contributed by atoms with Crippen LogP contribution < -0.4 is 15.2 Å². The van der Waals surface area contributed by atoms with Crippen LogP contribution in [0.2, 0.25) is 0 Å². The van der Waals surface area contributed by atoms with Gasteiger partial charge in [-0.1, -0.05) is 19.4 Å². The van der Waals surface area contributed by atoms with Crippen LogP contribution in [0.1, 0.15) is 44.1 Å². The number of hydrogen-bond acceptors (Lipinski definition) is 7. The summed E-state index contributed by atoms with van der Waals surface area (Å²) in [6, 6.07) is 5.34. The summed E-state index contributed by atoms with van der Waals surface area (Å²) in [5.74, 6) is -0.456. The number of amides is 1. The molecular weight excluding hydrogens is 462 g/mol. The molecule has 10 heteroatoms. The Labute approximate surface area is 212 Å². The second kappa shape index (κ2) is 12.2. The highest BCUT2D eigenvalue weighted by Gasteiger charge is 2.47. The summed E-state index contributed by atoms with van der Waals surface area (Å²) in [5.41, 5.74) is 6.60. The lowest BCUT2D eigenvalue weighted by molar-refractivity contribution is -0.144. The zero-order valence-electron chi connectivity index (χ0n) is 20.9. The van der Waals surface area contributed by atoms with Gasteiger partial charge in [0.15, 0.2) is 11.5 Å². The van der Waals surface area contributed by atoms with Gasteiger partial charge in [0.2, 0.25) is 12.7 Å². The predicted octanol–water partition coefficient (Wildman–Crippen LogP) is 2.15. The molecular formula is C26H37N5O5. The first kappa shape index (κ1) is 26.0. The van der Waals surface area contributed by atoms with E-state index in [1.807, 2.05) is 33.9 Å². The molecule has 36 heavy (non-hydrogen) atoms. The van der Waals surface area contributed by atoms with E-state index in [2.05, 4.69) is 16.8 Å². The standard InChI is InChI=1S/C26H37N5O5/c1-2-3-10-30(11-4-8-27)24(32)16-31-15-20(19-5-6-22-23(14-19)36-18-35-22)25(26(33)34)21(31)7-12-29-13-9-28-17-29/h5-6,9,13-14,17,20-21,25H,2-4,7-8,10-12,15-16,18,27H2,1H3,(H,33,34)/t20-,21+,25?/m1/s1. The molecule has 3 atom stereocenters. The first-order valence-corrected chi connectivity index (χ1v) is 12.8. The van der Waals surface area contributed by atoms with Gasteiger partial charge >= 0.3 is 5.97 Å². The van der Waals surface area contributed by atoms with Gasteiger partial charge in [-0.2, -0.15) is 0 Å². The van der Waals surface area contributed by atoms with Crippen molar-refractivity contribution in [1.29, 1.82) is 0 Å². The van der Waals surface area contributed by atoms with Crippen LogP contribution in [0, 0.1) is 5.92 Å². The van der Waals surface area contributed by atoms with Crippen LogP contribution in [0.3, 0.4) is 0 Å². The van der Waals surface area contributed by atoms with E-state index in [9.17, 15) is 14.7 Å². The molecule has 0 saturated carbocycles. The first-order valence-electron chi connectivity index (χ1n) is 12.8. The van der Waals surface area contributed by atoms with E-state index in [0.29, 0.717) is 50.6 Å². The lowest BCUT2D eigenvalue weighted by atomic mass is 9.84. The third-order valence-electron chi connectivity index (χ3n) is 7.21. The number of carbonyl (C=O) groups excluding carboxylic acids is 1. The predicted molar refractivity (Wildman–Crippen MR) is 134 cm³/mol. The number of aromatic nitrogens is 2. The molecule has 1 fully saturated rings. The van der Waals surface area contributed by atoms with Crippen molar-refractivity contribution in [3.63, 3.8) is 0 Å². The number of fused-ring (bicyclic) bond motifs is 1. The largest absolute Gasteiger partial charge is 0.481 e. The Morgan fingerprint density at radius 1 is 1.22 bits per heavy atom. The Kier molecular flexibility index (Phi) is 8.82. The van der Waals surface area contributed by atoms with Gasteiger partial charge in [-0.05, 0) is 43.5 Å². The zero-order chi connectivity index (χ0) is 25.5. The molecule has 0 aliphatic carbocycles. The molecule has 10 nitrogen and oxygen atoms in total. The lowest BCUT2D eigenvalue weighted by Crippen LogP contribution is -2.45. The summed E-state index contributed by atoms with van der Waals surface area (Å²) in [7, 11) is 0. The van der Waals surface area contributed by atoms with Crippen LogP contribution in [0.15, 0.2) is 36.9 Å². The third-order valence-corrected chi connectivity index (χ3v) is 7.21. The molecule has 4 rings (SSSR count). The van der Waals surface area contributed by atoms with Crippen molar-refractivity contribution in [2.24, 2.45) is 11.7 Å². The number of benzene rings is 1. The topological polar surface area (TPSA) is 123 Å². The Balaban J connectivity index is 1.58. The number of nitrogens with zero attached hydrogens (tertiary/aromatic N) is 4. The lowest BCUT2D eigenvalue weighted by Gasteiger charge is -2.30. The summed E-state index contributed by atoms with van der Waals surface area (Å²) in [6.45, 7) is 5.40. The highest BCUT2D eigenvalue weighted by atomic mass is 16.7. The number of aliphatic carboxylic acids is 1. The summed E-state index contributed by atoms with van der Waals surface area (Å²) in [4.78, 5) is 34.1. The van der Waals surface area contributed by atoms with Crippen LogP contribution in [-0.2, 0) is 16.1 Å². The maximum Gasteiger partial charge on any atom is 0.308 e. The number of carboxylic acid groups (broad SMARTS) is 1. The van der Waals surface area contributed by atoms with Crippen molar-refractivity contribution >= 4 is 11.9 Å². The molecule has 0 spiro atoms. The summed E-state index contributed by atoms with van der Waals surface area (Å²) < 4.78 is 12.9. The molecule has 196 valence electrons. The van der Waals surface area contributed by atoms with Crippen LogP contribution in [0.25, 0.3) is 0 Å². The van der Waals surface area contributed by atoms with E-state index in [1.54, 1.807) is 12.5 Å². The molecule has 1 saturated heterocycles. The van der Waals surface area contributed by atoms with Crippen molar-refractivity contribution in [1.82, 2.24) is 19.4 Å². The van der Waals surface area contributed by atoms with Gasteiger partial charge in [0.05, 0.1) is 18.8 Å². The number of rotatable bonds is 13. The Morgan fingerprint density at radius 3 is 2.75 bits per heavy atom. The molecule has 2 aliphatic heterocycles. The molecule has 3 heterocycles. The molecule has 2 aliphatic rings. The second-order valence-electron chi connectivity index (χ2n) is 9.55. The molecule has 0 bridgehead atoms. The number of aryl methyl sites for hydroxylation is 1. The first-order chi connectivity index (χ1) is 17.5. The quantitative estimate of drug-likeness (QED) is 0.430. The fraction of sp³-hybridized carbons (Fsp3) is 0.577. The number of likely N-dealkylation sites (tertiary alicyclic amines) is 1. The van der Waals surface area contributed by atoms with E-state index < -0.39 is 11.9 Å². The van der Waals surface area contributed by atoms with Crippen molar-refractivity contribution in [3.8, 4) is 11.5 Å². The number of unbranched alkanes of at least 4 members (excludes halogenated alkanes) is 1. The summed E-state index contributed by atoms with van der Waals surface area (Å²) in [6.07, 6.45) is 8.58. The number of ether oxygens (including phenoxy) is 2. The van der Waals surface area contributed by atoms with Gasteiger partial charge in [0.1, 0.15) is 0 Å². The van der Waals surface area contributed by atoms with Crippen molar-refractivity contribution in [3.05, 3.63) is 42.5 Å².